The number of aromatic carboxylic acids is 1. The number of carboxylic acids is 1. The molecule has 2 rings (SSSR count). The Morgan fingerprint density at radius 1 is 1.61 bits per heavy atom. The molecule has 0 spiro atoms. The van der Waals surface area contributed by atoms with E-state index in [0.717, 1.165) is 6.54 Å². The van der Waals surface area contributed by atoms with Gasteiger partial charge in [-0.15, -0.1) is 0 Å². The smallest absolute Gasteiger partial charge is 0.372 e. The van der Waals surface area contributed by atoms with Gasteiger partial charge in [-0.05, 0) is 31.6 Å². The first-order chi connectivity index (χ1) is 8.66. The van der Waals surface area contributed by atoms with E-state index < -0.39 is 5.97 Å². The van der Waals surface area contributed by atoms with Gasteiger partial charge in [-0.2, -0.15) is 11.8 Å². The Hall–Kier alpha value is -0.940. The Balaban J connectivity index is 1.79. The van der Waals surface area contributed by atoms with E-state index in [-0.39, 0.29) is 5.76 Å². The summed E-state index contributed by atoms with van der Waals surface area (Å²) in [4.78, 5) is 10.8. The van der Waals surface area contributed by atoms with Crippen molar-refractivity contribution in [3.63, 3.8) is 0 Å². The lowest BCUT2D eigenvalue weighted by Crippen LogP contribution is -2.26. The topological polar surface area (TPSA) is 62.5 Å². The van der Waals surface area contributed by atoms with Gasteiger partial charge in [0.25, 0.3) is 0 Å². The van der Waals surface area contributed by atoms with Crippen molar-refractivity contribution in [2.24, 2.45) is 0 Å². The summed E-state index contributed by atoms with van der Waals surface area (Å²) < 4.78 is 5.30. The van der Waals surface area contributed by atoms with E-state index >= 15 is 0 Å². The molecule has 0 aliphatic carbocycles. The highest BCUT2D eigenvalue weighted by Crippen LogP contribution is 2.24. The summed E-state index contributed by atoms with van der Waals surface area (Å²) in [6, 6.07) is 1.80. The van der Waals surface area contributed by atoms with Crippen molar-refractivity contribution in [2.75, 3.05) is 12.3 Å². The SMILES string of the molecule is Cc1cc(CNCC2CCCCS2)oc1C(=O)O. The average Bonchev–Trinajstić information content (AvgIpc) is 2.72. The number of carbonyl (C=O) groups is 1. The molecule has 1 fully saturated rings. The zero-order valence-electron chi connectivity index (χ0n) is 10.6. The largest absolute Gasteiger partial charge is 0.475 e. The van der Waals surface area contributed by atoms with Gasteiger partial charge in [0.1, 0.15) is 5.76 Å². The summed E-state index contributed by atoms with van der Waals surface area (Å²) in [5, 5.41) is 12.9. The van der Waals surface area contributed by atoms with Crippen LogP contribution in [-0.4, -0.2) is 28.6 Å². The second-order valence-electron chi connectivity index (χ2n) is 4.65. The van der Waals surface area contributed by atoms with Gasteiger partial charge in [-0.1, -0.05) is 6.42 Å². The van der Waals surface area contributed by atoms with Gasteiger partial charge in [-0.25, -0.2) is 4.79 Å². The molecular formula is C13H19NO3S. The Labute approximate surface area is 111 Å². The second kappa shape index (κ2) is 6.29. The molecule has 0 radical (unpaired) electrons. The molecule has 1 aliphatic heterocycles. The minimum atomic E-state index is -0.999. The Kier molecular flexibility index (Phi) is 4.72. The highest BCUT2D eigenvalue weighted by Gasteiger charge is 2.16. The Morgan fingerprint density at radius 3 is 3.06 bits per heavy atom. The Morgan fingerprint density at radius 2 is 2.44 bits per heavy atom. The van der Waals surface area contributed by atoms with Gasteiger partial charge in [0.2, 0.25) is 5.76 Å². The van der Waals surface area contributed by atoms with Crippen molar-refractivity contribution >= 4 is 17.7 Å². The predicted octanol–water partition coefficient (Wildman–Crippen LogP) is 2.66. The van der Waals surface area contributed by atoms with Crippen molar-refractivity contribution in [1.29, 1.82) is 0 Å². The summed E-state index contributed by atoms with van der Waals surface area (Å²) in [6.07, 6.45) is 3.93. The molecule has 1 atom stereocenters. The minimum absolute atomic E-state index is 0.0545. The minimum Gasteiger partial charge on any atom is -0.475 e. The molecule has 0 aromatic carbocycles. The van der Waals surface area contributed by atoms with Crippen molar-refractivity contribution < 1.29 is 14.3 Å². The molecule has 5 heteroatoms. The number of hydrogen-bond acceptors (Lipinski definition) is 4. The third-order valence-electron chi connectivity index (χ3n) is 3.11. The van der Waals surface area contributed by atoms with Crippen LogP contribution in [0.25, 0.3) is 0 Å². The lowest BCUT2D eigenvalue weighted by molar-refractivity contribution is 0.0659. The molecule has 1 unspecified atom stereocenters. The van der Waals surface area contributed by atoms with Gasteiger partial charge >= 0.3 is 5.97 Å². The van der Waals surface area contributed by atoms with Crippen LogP contribution in [0.5, 0.6) is 0 Å². The number of nitrogens with one attached hydrogen (secondary N) is 1. The number of rotatable bonds is 5. The molecule has 1 aromatic heterocycles. The lowest BCUT2D eigenvalue weighted by Gasteiger charge is -2.21. The first kappa shape index (κ1) is 13.5. The highest BCUT2D eigenvalue weighted by atomic mass is 32.2. The number of furan rings is 1. The van der Waals surface area contributed by atoms with Crippen LogP contribution < -0.4 is 5.32 Å². The van der Waals surface area contributed by atoms with Crippen LogP contribution in [-0.2, 0) is 6.54 Å². The maximum Gasteiger partial charge on any atom is 0.372 e. The summed E-state index contributed by atoms with van der Waals surface area (Å²) in [7, 11) is 0. The fourth-order valence-electron chi connectivity index (χ4n) is 2.17. The van der Waals surface area contributed by atoms with Gasteiger partial charge in [0.15, 0.2) is 0 Å². The third-order valence-corrected chi connectivity index (χ3v) is 4.51. The Bertz CT molecular complexity index is 410. The average molecular weight is 269 g/mol. The van der Waals surface area contributed by atoms with Crippen molar-refractivity contribution in [3.8, 4) is 0 Å². The van der Waals surface area contributed by atoms with Crippen LogP contribution in [0.2, 0.25) is 0 Å². The van der Waals surface area contributed by atoms with Crippen LogP contribution in [0.1, 0.15) is 41.1 Å². The first-order valence-electron chi connectivity index (χ1n) is 6.31. The summed E-state index contributed by atoms with van der Waals surface area (Å²) >= 11 is 2.02. The molecule has 1 aromatic rings. The van der Waals surface area contributed by atoms with E-state index in [1.54, 1.807) is 13.0 Å². The maximum absolute atomic E-state index is 10.8. The van der Waals surface area contributed by atoms with E-state index in [0.29, 0.717) is 23.1 Å². The molecule has 0 saturated carbocycles. The molecular weight excluding hydrogens is 250 g/mol. The second-order valence-corrected chi connectivity index (χ2v) is 6.06. The van der Waals surface area contributed by atoms with Crippen molar-refractivity contribution in [1.82, 2.24) is 5.32 Å². The maximum atomic E-state index is 10.8. The fourth-order valence-corrected chi connectivity index (χ4v) is 3.45. The van der Waals surface area contributed by atoms with Crippen molar-refractivity contribution in [3.05, 3.63) is 23.2 Å². The molecule has 4 nitrogen and oxygen atoms in total. The lowest BCUT2D eigenvalue weighted by atomic mass is 10.2. The number of carboxylic acid groups (broad SMARTS) is 1. The molecule has 1 aliphatic rings. The summed E-state index contributed by atoms with van der Waals surface area (Å²) in [5.74, 6) is 1.01. The van der Waals surface area contributed by atoms with Crippen LogP contribution in [0, 0.1) is 6.92 Å². The van der Waals surface area contributed by atoms with E-state index in [2.05, 4.69) is 5.32 Å². The normalized spacial score (nSPS) is 19.9. The van der Waals surface area contributed by atoms with E-state index in [9.17, 15) is 4.79 Å². The van der Waals surface area contributed by atoms with Crippen LogP contribution >= 0.6 is 11.8 Å². The van der Waals surface area contributed by atoms with Crippen LogP contribution in [0.15, 0.2) is 10.5 Å². The standard InChI is InChI=1S/C13H19NO3S/c1-9-6-10(17-12(9)13(15)16)7-14-8-11-4-2-3-5-18-11/h6,11,14H,2-5,7-8H2,1H3,(H,15,16). The van der Waals surface area contributed by atoms with Crippen molar-refractivity contribution in [2.45, 2.75) is 38.0 Å². The number of hydrogen-bond donors (Lipinski definition) is 2. The van der Waals surface area contributed by atoms with E-state index in [4.69, 9.17) is 9.52 Å². The predicted molar refractivity (Wildman–Crippen MR) is 72.2 cm³/mol. The highest BCUT2D eigenvalue weighted by molar-refractivity contribution is 7.99. The first-order valence-corrected chi connectivity index (χ1v) is 7.36. The fraction of sp³-hybridized carbons (Fsp3) is 0.615. The molecule has 0 bridgehead atoms. The van der Waals surface area contributed by atoms with Gasteiger partial charge in [-0.3, -0.25) is 0 Å². The molecule has 0 amide bonds. The quantitative estimate of drug-likeness (QED) is 0.860. The summed E-state index contributed by atoms with van der Waals surface area (Å²) in [6.45, 7) is 3.32. The molecule has 1 saturated heterocycles. The van der Waals surface area contributed by atoms with Crippen LogP contribution in [0.3, 0.4) is 0 Å². The van der Waals surface area contributed by atoms with E-state index in [1.165, 1.54) is 25.0 Å². The van der Waals surface area contributed by atoms with Gasteiger partial charge < -0.3 is 14.8 Å². The summed E-state index contributed by atoms with van der Waals surface area (Å²) in [5.41, 5.74) is 0.686. The molecule has 2 N–H and O–H groups in total. The zero-order chi connectivity index (χ0) is 13.0. The van der Waals surface area contributed by atoms with E-state index in [1.807, 2.05) is 11.8 Å². The van der Waals surface area contributed by atoms with Gasteiger partial charge in [0, 0.05) is 17.4 Å². The molecule has 100 valence electrons. The zero-order valence-corrected chi connectivity index (χ0v) is 11.4. The molecule has 2 heterocycles. The monoisotopic (exact) mass is 269 g/mol. The number of thioether (sulfide) groups is 1. The molecule has 18 heavy (non-hydrogen) atoms. The van der Waals surface area contributed by atoms with Gasteiger partial charge in [0.05, 0.1) is 6.54 Å². The van der Waals surface area contributed by atoms with Crippen LogP contribution in [0.4, 0.5) is 0 Å². The number of aryl methyl sites for hydroxylation is 1. The third kappa shape index (κ3) is 3.53.